The minimum Gasteiger partial charge on any atom is -0.341 e. The minimum absolute atomic E-state index is 0.000348. The Bertz CT molecular complexity index is 1510. The Kier molecular flexibility index (Phi) is 5.89. The van der Waals surface area contributed by atoms with E-state index in [0.29, 0.717) is 0 Å². The van der Waals surface area contributed by atoms with Crippen molar-refractivity contribution in [2.75, 3.05) is 0 Å². The van der Waals surface area contributed by atoms with E-state index in [-0.39, 0.29) is 22.9 Å². The Balaban J connectivity index is 1.42. The van der Waals surface area contributed by atoms with Gasteiger partial charge in [-0.2, -0.15) is 0 Å². The van der Waals surface area contributed by atoms with Crippen LogP contribution in [0.5, 0.6) is 0 Å². The van der Waals surface area contributed by atoms with E-state index in [2.05, 4.69) is 105 Å². The Hall–Kier alpha value is -3.28. The van der Waals surface area contributed by atoms with Gasteiger partial charge in [0.15, 0.2) is 0 Å². The van der Waals surface area contributed by atoms with Gasteiger partial charge in [0.05, 0.1) is 17.9 Å². The molecule has 4 aromatic rings. The first-order chi connectivity index (χ1) is 16.9. The molecule has 3 aromatic carbocycles. The zero-order chi connectivity index (χ0) is 25.8. The molecule has 0 spiro atoms. The molecular weight excluding hydrogens is 442 g/mol. The molecule has 0 aliphatic carbocycles. The van der Waals surface area contributed by atoms with Crippen LogP contribution in [-0.4, -0.2) is 21.7 Å². The van der Waals surface area contributed by atoms with Gasteiger partial charge >= 0.3 is 0 Å². The normalized spacial score (nSPS) is 16.3. The molecule has 0 saturated carbocycles. The van der Waals surface area contributed by atoms with Crippen LogP contribution in [0.2, 0.25) is 0 Å². The van der Waals surface area contributed by atoms with E-state index in [1.807, 2.05) is 12.4 Å². The van der Waals surface area contributed by atoms with E-state index < -0.39 is 0 Å². The lowest BCUT2D eigenvalue weighted by Gasteiger charge is -2.27. The number of imidazole rings is 1. The fourth-order valence-corrected chi connectivity index (χ4v) is 4.73. The van der Waals surface area contributed by atoms with Crippen molar-refractivity contribution in [2.24, 2.45) is 27.3 Å². The number of allylic oxidation sites excluding steroid dienone is 1. The lowest BCUT2D eigenvalue weighted by Crippen LogP contribution is -2.41. The highest BCUT2D eigenvalue weighted by Gasteiger charge is 2.28. The van der Waals surface area contributed by atoms with E-state index >= 15 is 0 Å². The summed E-state index contributed by atoms with van der Waals surface area (Å²) in [6.07, 6.45) is 4.68. The summed E-state index contributed by atoms with van der Waals surface area (Å²) in [6, 6.07) is 17.5. The SMILES string of the molecule is CC(C)(C)[C@H](N)C1=NC=C(c2ccc3cc4cc(-c5cnc([C@@H](N)C(C)(C)C)[nH]5)ccc4cc3c2)C1. The molecule has 5 nitrogen and oxygen atoms in total. The second-order valence-corrected chi connectivity index (χ2v) is 12.3. The molecule has 0 amide bonds. The Morgan fingerprint density at radius 1 is 0.750 bits per heavy atom. The van der Waals surface area contributed by atoms with Crippen molar-refractivity contribution >= 4 is 32.8 Å². The van der Waals surface area contributed by atoms with Crippen molar-refractivity contribution in [1.29, 1.82) is 0 Å². The lowest BCUT2D eigenvalue weighted by atomic mass is 9.83. The number of fused-ring (bicyclic) bond motifs is 2. The maximum Gasteiger partial charge on any atom is 0.124 e. The number of nitrogens with two attached hydrogens (primary N) is 2. The fraction of sp³-hybridized carbons (Fsp3) is 0.355. The highest BCUT2D eigenvalue weighted by atomic mass is 15.0. The van der Waals surface area contributed by atoms with Gasteiger partial charge in [-0.15, -0.1) is 0 Å². The maximum atomic E-state index is 6.46. The van der Waals surface area contributed by atoms with Crippen molar-refractivity contribution in [1.82, 2.24) is 9.97 Å². The number of aromatic amines is 1. The summed E-state index contributed by atoms with van der Waals surface area (Å²) in [4.78, 5) is 12.7. The second kappa shape index (κ2) is 8.68. The van der Waals surface area contributed by atoms with Crippen LogP contribution in [0.3, 0.4) is 0 Å². The van der Waals surface area contributed by atoms with E-state index in [1.165, 1.54) is 32.7 Å². The zero-order valence-corrected chi connectivity index (χ0v) is 22.2. The number of aliphatic imine (C=N–C) groups is 1. The molecule has 186 valence electrons. The Morgan fingerprint density at radius 2 is 1.33 bits per heavy atom. The third-order valence-corrected chi connectivity index (χ3v) is 7.35. The monoisotopic (exact) mass is 479 g/mol. The van der Waals surface area contributed by atoms with Crippen LogP contribution in [0.25, 0.3) is 38.4 Å². The van der Waals surface area contributed by atoms with Crippen molar-refractivity contribution in [3.63, 3.8) is 0 Å². The Labute approximate surface area is 213 Å². The first-order valence-electron chi connectivity index (χ1n) is 12.7. The smallest absolute Gasteiger partial charge is 0.124 e. The van der Waals surface area contributed by atoms with Gasteiger partial charge in [0.1, 0.15) is 5.82 Å². The molecule has 1 aliphatic heterocycles. The molecule has 0 fully saturated rings. The number of H-pyrrole nitrogens is 1. The highest BCUT2D eigenvalue weighted by Crippen LogP contribution is 2.34. The first-order valence-corrected chi connectivity index (χ1v) is 12.7. The molecule has 0 unspecified atom stereocenters. The van der Waals surface area contributed by atoms with Crippen LogP contribution in [-0.2, 0) is 0 Å². The fourth-order valence-electron chi connectivity index (χ4n) is 4.73. The van der Waals surface area contributed by atoms with Crippen molar-refractivity contribution < 1.29 is 0 Å². The van der Waals surface area contributed by atoms with E-state index in [4.69, 9.17) is 11.5 Å². The number of hydrogen-bond acceptors (Lipinski definition) is 4. The summed E-state index contributed by atoms with van der Waals surface area (Å²) in [5.41, 5.74) is 18.4. The minimum atomic E-state index is -0.148. The Morgan fingerprint density at radius 3 is 1.94 bits per heavy atom. The predicted molar refractivity (Wildman–Crippen MR) is 153 cm³/mol. The first kappa shape index (κ1) is 24.4. The summed E-state index contributed by atoms with van der Waals surface area (Å²) in [7, 11) is 0. The van der Waals surface area contributed by atoms with Gasteiger partial charge in [-0.1, -0.05) is 65.8 Å². The molecule has 2 heterocycles. The van der Waals surface area contributed by atoms with Gasteiger partial charge in [-0.05, 0) is 67.8 Å². The standard InChI is InChI=1S/C31H37N5/c1-30(2,3)27(32)25-15-24(16-34-25)20-8-7-18-12-23-14-21(10-9-19(23)11-22(18)13-20)26-17-35-29(36-26)28(33)31(4,5)6/h7-14,16-17,27-28H,15,32-33H2,1-6H3,(H,35,36)/t27-,28-/m1/s1. The predicted octanol–water partition coefficient (Wildman–Crippen LogP) is 6.99. The van der Waals surface area contributed by atoms with Gasteiger partial charge in [0.25, 0.3) is 0 Å². The molecule has 2 atom stereocenters. The van der Waals surface area contributed by atoms with E-state index in [1.54, 1.807) is 0 Å². The van der Waals surface area contributed by atoms with Crippen LogP contribution in [0.1, 0.15) is 65.4 Å². The molecule has 0 saturated heterocycles. The number of aromatic nitrogens is 2. The average Bonchev–Trinajstić information content (AvgIpc) is 3.50. The van der Waals surface area contributed by atoms with Crippen LogP contribution in [0, 0.1) is 10.8 Å². The van der Waals surface area contributed by atoms with Crippen molar-refractivity contribution in [2.45, 2.75) is 60.0 Å². The van der Waals surface area contributed by atoms with Gasteiger partial charge in [-0.25, -0.2) is 4.98 Å². The molecular formula is C31H37N5. The summed E-state index contributed by atoms with van der Waals surface area (Å²) in [5, 5.41) is 4.85. The molecule has 5 heteroatoms. The molecule has 1 aliphatic rings. The maximum absolute atomic E-state index is 6.46. The number of hydrogen-bond donors (Lipinski definition) is 3. The molecule has 5 rings (SSSR count). The van der Waals surface area contributed by atoms with Gasteiger partial charge in [-0.3, -0.25) is 4.99 Å². The third kappa shape index (κ3) is 4.61. The molecule has 1 aromatic heterocycles. The van der Waals surface area contributed by atoms with E-state index in [9.17, 15) is 0 Å². The average molecular weight is 480 g/mol. The lowest BCUT2D eigenvalue weighted by molar-refractivity contribution is 0.317. The number of nitrogens with one attached hydrogen (secondary N) is 1. The van der Waals surface area contributed by atoms with Crippen molar-refractivity contribution in [3.05, 3.63) is 72.3 Å². The zero-order valence-electron chi connectivity index (χ0n) is 22.2. The highest BCUT2D eigenvalue weighted by molar-refractivity contribution is 6.04. The van der Waals surface area contributed by atoms with Crippen LogP contribution >= 0.6 is 0 Å². The van der Waals surface area contributed by atoms with Gasteiger partial charge in [0, 0.05) is 29.9 Å². The van der Waals surface area contributed by atoms with Crippen LogP contribution in [0.15, 0.2) is 65.9 Å². The van der Waals surface area contributed by atoms with Crippen LogP contribution < -0.4 is 11.5 Å². The molecule has 5 N–H and O–H groups in total. The van der Waals surface area contributed by atoms with Crippen LogP contribution in [0.4, 0.5) is 0 Å². The summed E-state index contributed by atoms with van der Waals surface area (Å²) in [5.74, 6) is 0.820. The molecule has 0 radical (unpaired) electrons. The third-order valence-electron chi connectivity index (χ3n) is 7.35. The number of benzene rings is 3. The second-order valence-electron chi connectivity index (χ2n) is 12.3. The number of nitrogens with zero attached hydrogens (tertiary/aromatic N) is 2. The molecule has 0 bridgehead atoms. The topological polar surface area (TPSA) is 93.1 Å². The quantitative estimate of drug-likeness (QED) is 0.275. The molecule has 36 heavy (non-hydrogen) atoms. The summed E-state index contributed by atoms with van der Waals surface area (Å²) >= 11 is 0. The van der Waals surface area contributed by atoms with E-state index in [0.717, 1.165) is 29.2 Å². The number of rotatable bonds is 4. The summed E-state index contributed by atoms with van der Waals surface area (Å²) < 4.78 is 0. The van der Waals surface area contributed by atoms with Gasteiger partial charge in [0.2, 0.25) is 0 Å². The summed E-state index contributed by atoms with van der Waals surface area (Å²) in [6.45, 7) is 12.9. The van der Waals surface area contributed by atoms with Crippen molar-refractivity contribution in [3.8, 4) is 11.3 Å². The largest absolute Gasteiger partial charge is 0.341 e. The van der Waals surface area contributed by atoms with Gasteiger partial charge < -0.3 is 16.5 Å².